The molecule has 0 aliphatic heterocycles. The molecule has 0 fully saturated rings. The Kier molecular flexibility index (Phi) is 3.88. The summed E-state index contributed by atoms with van der Waals surface area (Å²) >= 11 is 0. The summed E-state index contributed by atoms with van der Waals surface area (Å²) in [4.78, 5) is 0. The molecule has 1 unspecified atom stereocenters. The van der Waals surface area contributed by atoms with Crippen molar-refractivity contribution in [3.63, 3.8) is 0 Å². The Bertz CT molecular complexity index is 554. The molecule has 0 bridgehead atoms. The first kappa shape index (κ1) is 13.6. The maximum atomic E-state index is 11.0. The van der Waals surface area contributed by atoms with Gasteiger partial charge in [0.2, 0.25) is 0 Å². The number of ether oxygens (including phenoxy) is 1. The van der Waals surface area contributed by atoms with Gasteiger partial charge in [0.05, 0.1) is 7.11 Å². The third-order valence-electron chi connectivity index (χ3n) is 3.35. The lowest BCUT2D eigenvalue weighted by Crippen LogP contribution is -2.36. The molecule has 0 aliphatic carbocycles. The number of rotatable bonds is 4. The maximum Gasteiger partial charge on any atom is 0.130 e. The van der Waals surface area contributed by atoms with E-state index in [0.717, 1.165) is 11.1 Å². The Hall–Kier alpha value is -1.84. The van der Waals surface area contributed by atoms with Gasteiger partial charge in [-0.3, -0.25) is 0 Å². The van der Waals surface area contributed by atoms with Crippen LogP contribution < -0.4 is 10.5 Å². The highest BCUT2D eigenvalue weighted by Crippen LogP contribution is 2.35. The summed E-state index contributed by atoms with van der Waals surface area (Å²) in [6.45, 7) is 2.07. The van der Waals surface area contributed by atoms with E-state index >= 15 is 0 Å². The predicted molar refractivity (Wildman–Crippen MR) is 76.2 cm³/mol. The van der Waals surface area contributed by atoms with Gasteiger partial charge >= 0.3 is 0 Å². The van der Waals surface area contributed by atoms with Crippen LogP contribution in [0.4, 0.5) is 0 Å². The number of hydrogen-bond donors (Lipinski definition) is 2. The van der Waals surface area contributed by atoms with Crippen molar-refractivity contribution in [3.05, 3.63) is 65.2 Å². The van der Waals surface area contributed by atoms with Gasteiger partial charge in [0.15, 0.2) is 0 Å². The van der Waals surface area contributed by atoms with E-state index in [1.165, 1.54) is 0 Å². The van der Waals surface area contributed by atoms with Gasteiger partial charge in [-0.15, -0.1) is 0 Å². The highest BCUT2D eigenvalue weighted by molar-refractivity contribution is 5.46. The molecule has 0 radical (unpaired) electrons. The molecular weight excluding hydrogens is 238 g/mol. The second-order valence-corrected chi connectivity index (χ2v) is 4.63. The molecule has 19 heavy (non-hydrogen) atoms. The Morgan fingerprint density at radius 2 is 1.84 bits per heavy atom. The zero-order valence-electron chi connectivity index (χ0n) is 11.3. The van der Waals surface area contributed by atoms with E-state index in [0.29, 0.717) is 11.3 Å². The van der Waals surface area contributed by atoms with E-state index in [4.69, 9.17) is 10.5 Å². The van der Waals surface area contributed by atoms with Gasteiger partial charge in [-0.1, -0.05) is 42.0 Å². The molecule has 3 heteroatoms. The van der Waals surface area contributed by atoms with E-state index in [1.54, 1.807) is 7.11 Å². The topological polar surface area (TPSA) is 55.5 Å². The van der Waals surface area contributed by atoms with Crippen LogP contribution in [-0.4, -0.2) is 18.8 Å². The van der Waals surface area contributed by atoms with E-state index in [-0.39, 0.29) is 6.54 Å². The monoisotopic (exact) mass is 257 g/mol. The van der Waals surface area contributed by atoms with Crippen molar-refractivity contribution in [2.45, 2.75) is 12.5 Å². The van der Waals surface area contributed by atoms with E-state index in [1.807, 2.05) is 55.5 Å². The maximum absolute atomic E-state index is 11.0. The highest BCUT2D eigenvalue weighted by atomic mass is 16.5. The molecule has 2 rings (SSSR count). The fourth-order valence-electron chi connectivity index (χ4n) is 2.24. The fourth-order valence-corrected chi connectivity index (χ4v) is 2.24. The van der Waals surface area contributed by atoms with Gasteiger partial charge in [0.25, 0.3) is 0 Å². The number of aliphatic hydroxyl groups is 1. The quantitative estimate of drug-likeness (QED) is 0.883. The van der Waals surface area contributed by atoms with E-state index < -0.39 is 5.60 Å². The van der Waals surface area contributed by atoms with Gasteiger partial charge in [-0.25, -0.2) is 0 Å². The second-order valence-electron chi connectivity index (χ2n) is 4.63. The standard InChI is InChI=1S/C16H19NO2/c1-12-8-9-15(19-2)14(10-12)16(18,11-17)13-6-4-3-5-7-13/h3-10,18H,11,17H2,1-2H3. The molecule has 0 heterocycles. The first-order valence-electron chi connectivity index (χ1n) is 6.25. The van der Waals surface area contributed by atoms with E-state index in [2.05, 4.69) is 0 Å². The molecule has 2 aromatic carbocycles. The Morgan fingerprint density at radius 3 is 2.42 bits per heavy atom. The third kappa shape index (κ3) is 2.48. The summed E-state index contributed by atoms with van der Waals surface area (Å²) in [6.07, 6.45) is 0. The van der Waals surface area contributed by atoms with Crippen LogP contribution in [0.5, 0.6) is 5.75 Å². The minimum Gasteiger partial charge on any atom is -0.496 e. The summed E-state index contributed by atoms with van der Waals surface area (Å²) in [6, 6.07) is 15.1. The van der Waals surface area contributed by atoms with Crippen molar-refractivity contribution >= 4 is 0 Å². The average molecular weight is 257 g/mol. The van der Waals surface area contributed by atoms with Gasteiger partial charge in [0.1, 0.15) is 11.4 Å². The van der Waals surface area contributed by atoms with Gasteiger partial charge in [0, 0.05) is 12.1 Å². The van der Waals surface area contributed by atoms with Crippen molar-refractivity contribution in [1.82, 2.24) is 0 Å². The minimum atomic E-state index is -1.24. The molecule has 3 N–H and O–H groups in total. The van der Waals surface area contributed by atoms with Crippen molar-refractivity contribution in [2.24, 2.45) is 5.73 Å². The number of hydrogen-bond acceptors (Lipinski definition) is 3. The summed E-state index contributed by atoms with van der Waals surface area (Å²) in [5.41, 5.74) is 7.12. The number of aryl methyl sites for hydroxylation is 1. The Morgan fingerprint density at radius 1 is 1.16 bits per heavy atom. The first-order valence-corrected chi connectivity index (χ1v) is 6.25. The SMILES string of the molecule is COc1ccc(C)cc1C(O)(CN)c1ccccc1. The molecule has 0 amide bonds. The normalized spacial score (nSPS) is 13.9. The van der Waals surface area contributed by atoms with Crippen molar-refractivity contribution in [3.8, 4) is 5.75 Å². The summed E-state index contributed by atoms with van der Waals surface area (Å²) in [5, 5.41) is 11.0. The number of benzene rings is 2. The molecule has 0 aromatic heterocycles. The lowest BCUT2D eigenvalue weighted by molar-refractivity contribution is 0.0871. The van der Waals surface area contributed by atoms with Crippen molar-refractivity contribution in [2.75, 3.05) is 13.7 Å². The number of nitrogens with two attached hydrogens (primary N) is 1. The summed E-state index contributed by atoms with van der Waals surface area (Å²) in [5.74, 6) is 0.641. The van der Waals surface area contributed by atoms with Crippen LogP contribution in [0.1, 0.15) is 16.7 Å². The van der Waals surface area contributed by atoms with Crippen LogP contribution in [0.15, 0.2) is 48.5 Å². The molecule has 0 saturated heterocycles. The molecule has 0 aliphatic rings. The molecule has 0 spiro atoms. The zero-order valence-corrected chi connectivity index (χ0v) is 11.3. The lowest BCUT2D eigenvalue weighted by Gasteiger charge is -2.29. The van der Waals surface area contributed by atoms with E-state index in [9.17, 15) is 5.11 Å². The third-order valence-corrected chi connectivity index (χ3v) is 3.35. The van der Waals surface area contributed by atoms with Gasteiger partial charge < -0.3 is 15.6 Å². The second kappa shape index (κ2) is 5.43. The zero-order chi connectivity index (χ0) is 13.9. The lowest BCUT2D eigenvalue weighted by atomic mass is 9.85. The van der Waals surface area contributed by atoms with Crippen molar-refractivity contribution < 1.29 is 9.84 Å². The number of methoxy groups -OCH3 is 1. The van der Waals surface area contributed by atoms with Crippen LogP contribution in [0.25, 0.3) is 0 Å². The minimum absolute atomic E-state index is 0.0941. The van der Waals surface area contributed by atoms with Crippen LogP contribution in [0, 0.1) is 6.92 Å². The molecular formula is C16H19NO2. The summed E-state index contributed by atoms with van der Waals surface area (Å²) < 4.78 is 5.35. The van der Waals surface area contributed by atoms with Crippen LogP contribution in [0.2, 0.25) is 0 Å². The Labute approximate surface area is 113 Å². The molecule has 1 atom stereocenters. The Balaban J connectivity index is 2.62. The molecule has 0 saturated carbocycles. The first-order chi connectivity index (χ1) is 9.11. The largest absolute Gasteiger partial charge is 0.496 e. The summed E-state index contributed by atoms with van der Waals surface area (Å²) in [7, 11) is 1.59. The predicted octanol–water partition coefficient (Wildman–Crippen LogP) is 2.20. The van der Waals surface area contributed by atoms with Crippen LogP contribution >= 0.6 is 0 Å². The highest BCUT2D eigenvalue weighted by Gasteiger charge is 2.32. The molecule has 100 valence electrons. The molecule has 2 aromatic rings. The van der Waals surface area contributed by atoms with Crippen LogP contribution in [0.3, 0.4) is 0 Å². The van der Waals surface area contributed by atoms with Gasteiger partial charge in [-0.05, 0) is 24.6 Å². The average Bonchev–Trinajstić information content (AvgIpc) is 2.47. The molecule has 3 nitrogen and oxygen atoms in total. The van der Waals surface area contributed by atoms with Crippen LogP contribution in [-0.2, 0) is 5.60 Å². The smallest absolute Gasteiger partial charge is 0.130 e. The van der Waals surface area contributed by atoms with Gasteiger partial charge in [-0.2, -0.15) is 0 Å². The fraction of sp³-hybridized carbons (Fsp3) is 0.250. The van der Waals surface area contributed by atoms with Crippen molar-refractivity contribution in [1.29, 1.82) is 0 Å².